The second-order valence-corrected chi connectivity index (χ2v) is 12.4. The number of hydrogen-bond acceptors (Lipinski definition) is 7. The van der Waals surface area contributed by atoms with Gasteiger partial charge >= 0.3 is 5.97 Å². The third-order valence-corrected chi connectivity index (χ3v) is 11.0. The van der Waals surface area contributed by atoms with Crippen LogP contribution in [0.1, 0.15) is 72.1 Å². The normalized spacial score (nSPS) is 53.2. The van der Waals surface area contributed by atoms with Gasteiger partial charge in [0.15, 0.2) is 12.1 Å². The summed E-state index contributed by atoms with van der Waals surface area (Å²) >= 11 is 0. The molecule has 0 radical (unpaired) electrons. The van der Waals surface area contributed by atoms with Crippen LogP contribution < -0.4 is 0 Å². The Hall–Kier alpha value is -1.28. The van der Waals surface area contributed by atoms with Crippen LogP contribution in [0.3, 0.4) is 0 Å². The second kappa shape index (κ2) is 8.37. The van der Waals surface area contributed by atoms with Crippen LogP contribution >= 0.6 is 0 Å². The Labute approximate surface area is 207 Å². The van der Waals surface area contributed by atoms with Gasteiger partial charge in [0.05, 0.1) is 24.2 Å². The van der Waals surface area contributed by atoms with E-state index in [1.807, 2.05) is 19.9 Å². The topological polar surface area (TPSA) is 91.3 Å². The molecule has 3 saturated carbocycles. The Morgan fingerprint density at radius 2 is 1.86 bits per heavy atom. The number of rotatable bonds is 3. The van der Waals surface area contributed by atoms with Crippen LogP contribution in [0.2, 0.25) is 0 Å². The summed E-state index contributed by atoms with van der Waals surface area (Å²) in [6.45, 7) is 6.20. The molecule has 1 N–H and O–H groups in total. The van der Waals surface area contributed by atoms with Gasteiger partial charge in [0, 0.05) is 13.5 Å². The van der Waals surface area contributed by atoms with Crippen LogP contribution in [0.15, 0.2) is 11.6 Å². The first-order valence-electron chi connectivity index (χ1n) is 13.7. The maximum Gasteiger partial charge on any atom is 0.317 e. The van der Waals surface area contributed by atoms with Gasteiger partial charge in [-0.1, -0.05) is 6.92 Å². The third-order valence-electron chi connectivity index (χ3n) is 11.0. The van der Waals surface area contributed by atoms with Crippen molar-refractivity contribution in [2.75, 3.05) is 7.11 Å². The predicted octanol–water partition coefficient (Wildman–Crippen LogP) is 3.57. The summed E-state index contributed by atoms with van der Waals surface area (Å²) in [6.07, 6.45) is 7.61. The minimum atomic E-state index is -0.682. The van der Waals surface area contributed by atoms with E-state index in [1.165, 1.54) is 0 Å². The van der Waals surface area contributed by atoms with Gasteiger partial charge in [-0.15, -0.1) is 0 Å². The first-order valence-corrected chi connectivity index (χ1v) is 13.7. The number of fused-ring (bicyclic) bond motifs is 4. The Balaban J connectivity index is 1.17. The molecule has 0 unspecified atom stereocenters. The van der Waals surface area contributed by atoms with E-state index < -0.39 is 11.5 Å². The molecule has 7 nitrogen and oxygen atoms in total. The lowest BCUT2D eigenvalue weighted by Crippen LogP contribution is -2.54. The van der Waals surface area contributed by atoms with Crippen molar-refractivity contribution in [1.82, 2.24) is 0 Å². The molecule has 6 rings (SSSR count). The highest BCUT2D eigenvalue weighted by Gasteiger charge is 2.68. The molecule has 12 atom stereocenters. The van der Waals surface area contributed by atoms with Gasteiger partial charge < -0.3 is 24.1 Å². The molecule has 7 heteroatoms. The fraction of sp³-hybridized carbons (Fsp3) is 0.857. The van der Waals surface area contributed by atoms with Crippen molar-refractivity contribution in [3.8, 4) is 0 Å². The summed E-state index contributed by atoms with van der Waals surface area (Å²) < 4.78 is 23.5. The zero-order valence-electron chi connectivity index (χ0n) is 21.4. The Morgan fingerprint density at radius 1 is 1.06 bits per heavy atom. The Bertz CT molecular complexity index is 930. The van der Waals surface area contributed by atoms with E-state index in [0.717, 1.165) is 50.5 Å². The zero-order chi connectivity index (χ0) is 24.7. The predicted molar refractivity (Wildman–Crippen MR) is 126 cm³/mol. The number of esters is 1. The summed E-state index contributed by atoms with van der Waals surface area (Å²) in [5.74, 6) is 0.993. The number of methoxy groups -OCH3 is 1. The maximum atomic E-state index is 13.1. The molecular weight excluding hydrogens is 448 g/mol. The van der Waals surface area contributed by atoms with E-state index in [4.69, 9.17) is 18.9 Å². The molecule has 0 aromatic heterocycles. The molecular formula is C28H40O7. The molecule has 4 aliphatic carbocycles. The fourth-order valence-electron chi connectivity index (χ4n) is 9.17. The third kappa shape index (κ3) is 3.37. The molecule has 5 fully saturated rings. The highest BCUT2D eigenvalue weighted by molar-refractivity contribution is 6.05. The number of carbonyl (C=O) groups excluding carboxylic acids is 2. The lowest BCUT2D eigenvalue weighted by atomic mass is 9.45. The number of hydrogen-bond donors (Lipinski definition) is 1. The van der Waals surface area contributed by atoms with Crippen molar-refractivity contribution >= 4 is 11.8 Å². The first kappa shape index (κ1) is 24.1. The Morgan fingerprint density at radius 3 is 2.63 bits per heavy atom. The van der Waals surface area contributed by atoms with Gasteiger partial charge in [-0.05, 0) is 93.6 Å². The minimum Gasteiger partial charge on any atom is -0.461 e. The molecule has 6 aliphatic rings. The summed E-state index contributed by atoms with van der Waals surface area (Å²) in [7, 11) is 1.63. The largest absolute Gasteiger partial charge is 0.461 e. The van der Waals surface area contributed by atoms with Crippen LogP contribution in [-0.4, -0.2) is 60.8 Å². The van der Waals surface area contributed by atoms with E-state index in [9.17, 15) is 14.7 Å². The van der Waals surface area contributed by atoms with Gasteiger partial charge in [0.25, 0.3) is 0 Å². The lowest BCUT2D eigenvalue weighted by molar-refractivity contribution is -0.270. The van der Waals surface area contributed by atoms with Crippen molar-refractivity contribution in [2.45, 2.75) is 109 Å². The van der Waals surface area contributed by atoms with Gasteiger partial charge in [0.1, 0.15) is 17.6 Å². The quantitative estimate of drug-likeness (QED) is 0.480. The molecule has 0 aromatic rings. The number of cyclic esters (lactones) is 1. The van der Waals surface area contributed by atoms with Crippen molar-refractivity contribution in [1.29, 1.82) is 0 Å². The zero-order valence-corrected chi connectivity index (χ0v) is 21.4. The minimum absolute atomic E-state index is 0.101. The van der Waals surface area contributed by atoms with Crippen molar-refractivity contribution < 1.29 is 33.6 Å². The molecule has 2 saturated heterocycles. The standard InChI is InChI=1S/C28H40O7/c1-14-24-21(29)12-20-18-6-5-16-11-17(35-23-13-22(32-4)25(30)15(2)33-23)7-9-27(16,3)19(18)8-10-28(20,24)26(31)34-14/h12,14-19,22-25,30H,5-11,13H2,1-4H3/t14-,15-,16+,17+,18-,19+,22+,23+,24+,25-,27+,28-/m1/s1. The molecule has 2 heterocycles. The van der Waals surface area contributed by atoms with Crippen LogP contribution in [-0.2, 0) is 28.5 Å². The molecule has 194 valence electrons. The van der Waals surface area contributed by atoms with Crippen LogP contribution in [0.4, 0.5) is 0 Å². The summed E-state index contributed by atoms with van der Waals surface area (Å²) in [5.41, 5.74) is 0.607. The van der Waals surface area contributed by atoms with Gasteiger partial charge in [-0.25, -0.2) is 0 Å². The molecule has 35 heavy (non-hydrogen) atoms. The smallest absolute Gasteiger partial charge is 0.317 e. The Kier molecular flexibility index (Phi) is 5.76. The average Bonchev–Trinajstić information content (AvgIpc) is 3.27. The molecule has 1 spiro atoms. The summed E-state index contributed by atoms with van der Waals surface area (Å²) in [6, 6.07) is 0. The highest BCUT2D eigenvalue weighted by Crippen LogP contribution is 2.67. The number of ether oxygens (including phenoxy) is 4. The van der Waals surface area contributed by atoms with Gasteiger partial charge in [-0.2, -0.15) is 0 Å². The summed E-state index contributed by atoms with van der Waals surface area (Å²) in [4.78, 5) is 26.0. The van der Waals surface area contributed by atoms with Crippen molar-refractivity contribution in [2.24, 2.45) is 34.5 Å². The highest BCUT2D eigenvalue weighted by atomic mass is 16.7. The van der Waals surface area contributed by atoms with Crippen molar-refractivity contribution in [3.05, 3.63) is 11.6 Å². The average molecular weight is 489 g/mol. The fourth-order valence-corrected chi connectivity index (χ4v) is 9.17. The van der Waals surface area contributed by atoms with Gasteiger partial charge in [0.2, 0.25) is 0 Å². The maximum absolute atomic E-state index is 13.1. The number of allylic oxidation sites excluding steroid dienone is 1. The van der Waals surface area contributed by atoms with E-state index in [0.29, 0.717) is 24.2 Å². The first-order chi connectivity index (χ1) is 16.7. The SMILES string of the molecule is CO[C@H]1C[C@H](O[C@H]2CC[C@@]3(C)[C@@H](CC[C@H]4C5=CC(=O)[C@@H]6[C@@H](C)OC(=O)[C@]56CC[C@@H]43)C2)O[C@H](C)[C@H]1O. The van der Waals surface area contributed by atoms with E-state index in [-0.39, 0.29) is 53.8 Å². The lowest BCUT2D eigenvalue weighted by Gasteiger charge is -2.59. The van der Waals surface area contributed by atoms with E-state index >= 15 is 0 Å². The van der Waals surface area contributed by atoms with Crippen LogP contribution in [0.25, 0.3) is 0 Å². The number of aliphatic hydroxyl groups excluding tert-OH is 1. The summed E-state index contributed by atoms with van der Waals surface area (Å²) in [5, 5.41) is 10.3. The number of aliphatic hydroxyl groups is 1. The molecule has 0 amide bonds. The molecule has 0 bridgehead atoms. The molecule has 2 aliphatic heterocycles. The monoisotopic (exact) mass is 488 g/mol. The van der Waals surface area contributed by atoms with Crippen molar-refractivity contribution in [3.63, 3.8) is 0 Å². The van der Waals surface area contributed by atoms with Gasteiger partial charge in [-0.3, -0.25) is 9.59 Å². The number of ketones is 1. The second-order valence-electron chi connectivity index (χ2n) is 12.4. The molecule has 0 aromatic carbocycles. The van der Waals surface area contributed by atoms with E-state index in [2.05, 4.69) is 6.92 Å². The van der Waals surface area contributed by atoms with Crippen LogP contribution in [0, 0.1) is 34.5 Å². The number of carbonyl (C=O) groups is 2. The van der Waals surface area contributed by atoms with E-state index in [1.54, 1.807) is 7.11 Å². The van der Waals surface area contributed by atoms with Crippen LogP contribution in [0.5, 0.6) is 0 Å².